The summed E-state index contributed by atoms with van der Waals surface area (Å²) in [6.45, 7) is 0.640. The van der Waals surface area contributed by atoms with Crippen LogP contribution in [0.5, 0.6) is 17.2 Å². The summed E-state index contributed by atoms with van der Waals surface area (Å²) >= 11 is 0. The van der Waals surface area contributed by atoms with Crippen molar-refractivity contribution in [1.29, 1.82) is 0 Å². The fourth-order valence-corrected chi connectivity index (χ4v) is 2.50. The number of methoxy groups -OCH3 is 2. The number of nitrogens with zero attached hydrogens (tertiary/aromatic N) is 1. The number of benzene rings is 1. The first-order valence-corrected chi connectivity index (χ1v) is 6.48. The number of rotatable bonds is 5. The molecule has 2 N–H and O–H groups in total. The lowest BCUT2D eigenvalue weighted by atomic mass is 10.1. The number of phenolic OH excluding ortho intramolecular Hbond substituents is 1. The third-order valence-corrected chi connectivity index (χ3v) is 3.66. The smallest absolute Gasteiger partial charge is 0.203 e. The largest absolute Gasteiger partial charge is 0.504 e. The fourth-order valence-electron chi connectivity index (χ4n) is 2.50. The molecular formula is C14H20FNO4. The summed E-state index contributed by atoms with van der Waals surface area (Å²) < 4.78 is 24.2. The van der Waals surface area contributed by atoms with Crippen LogP contribution < -0.4 is 9.47 Å². The van der Waals surface area contributed by atoms with Crippen molar-refractivity contribution in [2.24, 2.45) is 0 Å². The maximum Gasteiger partial charge on any atom is 0.203 e. The second kappa shape index (κ2) is 5.85. The molecule has 1 saturated heterocycles. The first kappa shape index (κ1) is 14.9. The van der Waals surface area contributed by atoms with Gasteiger partial charge in [-0.3, -0.25) is 4.90 Å². The highest BCUT2D eigenvalue weighted by Crippen LogP contribution is 2.40. The summed E-state index contributed by atoms with van der Waals surface area (Å²) in [5, 5.41) is 19.2. The van der Waals surface area contributed by atoms with E-state index in [4.69, 9.17) is 14.6 Å². The maximum atomic E-state index is 14.0. The van der Waals surface area contributed by atoms with Crippen LogP contribution in [0.1, 0.15) is 12.0 Å². The number of hydrogen-bond donors (Lipinski definition) is 2. The van der Waals surface area contributed by atoms with Crippen LogP contribution in [-0.4, -0.2) is 54.7 Å². The molecule has 0 saturated carbocycles. The molecule has 1 aromatic rings. The minimum absolute atomic E-state index is 0.00667. The Balaban J connectivity index is 2.15. The van der Waals surface area contributed by atoms with Crippen molar-refractivity contribution in [2.75, 3.05) is 33.9 Å². The zero-order valence-electron chi connectivity index (χ0n) is 11.7. The Morgan fingerprint density at radius 3 is 2.65 bits per heavy atom. The van der Waals surface area contributed by atoms with Gasteiger partial charge in [0.15, 0.2) is 11.5 Å². The standard InChI is InChI=1S/C14H20FNO4/c1-19-11-4-3-10(12(18)13(11)20-2)7-16-6-5-14(15,8-16)9-17/h3-4,17-18H,5-9H2,1-2H3. The van der Waals surface area contributed by atoms with E-state index < -0.39 is 12.3 Å². The molecule has 0 aromatic heterocycles. The summed E-state index contributed by atoms with van der Waals surface area (Å²) in [5.74, 6) is 0.732. The molecule has 5 nitrogen and oxygen atoms in total. The quantitative estimate of drug-likeness (QED) is 0.854. The molecule has 112 valence electrons. The minimum atomic E-state index is -1.54. The van der Waals surface area contributed by atoms with Gasteiger partial charge in [0.2, 0.25) is 5.75 Å². The molecule has 1 heterocycles. The number of alkyl halides is 1. The Kier molecular flexibility index (Phi) is 4.35. The van der Waals surface area contributed by atoms with E-state index in [1.807, 2.05) is 4.90 Å². The average molecular weight is 285 g/mol. The van der Waals surface area contributed by atoms with Crippen molar-refractivity contribution in [2.45, 2.75) is 18.6 Å². The zero-order chi connectivity index (χ0) is 14.8. The number of halogens is 1. The maximum absolute atomic E-state index is 14.0. The Labute approximate surface area is 117 Å². The molecule has 1 aliphatic rings. The van der Waals surface area contributed by atoms with E-state index in [9.17, 15) is 9.50 Å². The van der Waals surface area contributed by atoms with Gasteiger partial charge in [0, 0.05) is 25.2 Å². The van der Waals surface area contributed by atoms with E-state index in [-0.39, 0.29) is 18.0 Å². The van der Waals surface area contributed by atoms with Crippen LogP contribution in [-0.2, 0) is 6.54 Å². The minimum Gasteiger partial charge on any atom is -0.504 e. The summed E-state index contributed by atoms with van der Waals surface area (Å²) in [5.41, 5.74) is -0.892. The highest BCUT2D eigenvalue weighted by molar-refractivity contribution is 5.54. The van der Waals surface area contributed by atoms with Crippen molar-refractivity contribution >= 4 is 0 Å². The van der Waals surface area contributed by atoms with Crippen LogP contribution >= 0.6 is 0 Å². The average Bonchev–Trinajstić information content (AvgIpc) is 2.83. The molecular weight excluding hydrogens is 265 g/mol. The number of hydrogen-bond acceptors (Lipinski definition) is 5. The lowest BCUT2D eigenvalue weighted by Crippen LogP contribution is -2.32. The molecule has 20 heavy (non-hydrogen) atoms. The first-order valence-electron chi connectivity index (χ1n) is 6.48. The molecule has 6 heteroatoms. The second-order valence-electron chi connectivity index (χ2n) is 5.08. The molecule has 0 aliphatic carbocycles. The van der Waals surface area contributed by atoms with Crippen molar-refractivity contribution in [3.05, 3.63) is 17.7 Å². The lowest BCUT2D eigenvalue weighted by Gasteiger charge is -2.20. The van der Waals surface area contributed by atoms with E-state index in [1.54, 1.807) is 12.1 Å². The molecule has 1 aliphatic heterocycles. The van der Waals surface area contributed by atoms with Crippen molar-refractivity contribution in [3.8, 4) is 17.2 Å². The number of ether oxygens (including phenoxy) is 2. The molecule has 1 fully saturated rings. The van der Waals surface area contributed by atoms with Crippen LogP contribution in [0.15, 0.2) is 12.1 Å². The number of likely N-dealkylation sites (tertiary alicyclic amines) is 1. The first-order chi connectivity index (χ1) is 9.53. The number of aliphatic hydroxyl groups is 1. The third-order valence-electron chi connectivity index (χ3n) is 3.66. The van der Waals surface area contributed by atoms with Gasteiger partial charge < -0.3 is 19.7 Å². The van der Waals surface area contributed by atoms with E-state index >= 15 is 0 Å². The molecule has 0 spiro atoms. The van der Waals surface area contributed by atoms with Gasteiger partial charge in [-0.2, -0.15) is 0 Å². The predicted molar refractivity (Wildman–Crippen MR) is 72.0 cm³/mol. The molecule has 2 rings (SSSR count). The molecule has 0 radical (unpaired) electrons. The van der Waals surface area contributed by atoms with Gasteiger partial charge in [-0.25, -0.2) is 4.39 Å². The van der Waals surface area contributed by atoms with Crippen molar-refractivity contribution in [1.82, 2.24) is 4.90 Å². The van der Waals surface area contributed by atoms with Crippen LogP contribution in [0.2, 0.25) is 0 Å². The van der Waals surface area contributed by atoms with Gasteiger partial charge in [0.25, 0.3) is 0 Å². The SMILES string of the molecule is COc1ccc(CN2CCC(F)(CO)C2)c(O)c1OC. The van der Waals surface area contributed by atoms with Crippen LogP contribution in [0.3, 0.4) is 0 Å². The van der Waals surface area contributed by atoms with E-state index in [0.29, 0.717) is 30.8 Å². The van der Waals surface area contributed by atoms with Gasteiger partial charge in [0.05, 0.1) is 20.8 Å². The zero-order valence-corrected chi connectivity index (χ0v) is 11.7. The summed E-state index contributed by atoms with van der Waals surface area (Å²) in [4.78, 5) is 1.86. The Bertz CT molecular complexity index is 482. The second-order valence-corrected chi connectivity index (χ2v) is 5.08. The Morgan fingerprint density at radius 1 is 1.35 bits per heavy atom. The summed E-state index contributed by atoms with van der Waals surface area (Å²) in [7, 11) is 2.95. The molecule has 0 bridgehead atoms. The highest BCUT2D eigenvalue weighted by atomic mass is 19.1. The Morgan fingerprint density at radius 2 is 2.10 bits per heavy atom. The Hall–Kier alpha value is -1.53. The van der Waals surface area contributed by atoms with E-state index in [0.717, 1.165) is 0 Å². The number of phenols is 1. The topological polar surface area (TPSA) is 62.2 Å². The van der Waals surface area contributed by atoms with E-state index in [2.05, 4.69) is 0 Å². The normalized spacial score (nSPS) is 23.0. The van der Waals surface area contributed by atoms with Gasteiger partial charge in [-0.15, -0.1) is 0 Å². The molecule has 1 unspecified atom stereocenters. The van der Waals surface area contributed by atoms with E-state index in [1.165, 1.54) is 14.2 Å². The molecule has 1 aromatic carbocycles. The van der Waals surface area contributed by atoms with Gasteiger partial charge in [-0.1, -0.05) is 6.07 Å². The number of aromatic hydroxyl groups is 1. The van der Waals surface area contributed by atoms with Gasteiger partial charge in [0.1, 0.15) is 5.67 Å². The summed E-state index contributed by atoms with van der Waals surface area (Å²) in [6.07, 6.45) is 0.303. The molecule has 0 amide bonds. The summed E-state index contributed by atoms with van der Waals surface area (Å²) in [6, 6.07) is 3.44. The van der Waals surface area contributed by atoms with Crippen LogP contribution in [0.4, 0.5) is 4.39 Å². The number of aliphatic hydroxyl groups excluding tert-OH is 1. The monoisotopic (exact) mass is 285 g/mol. The fraction of sp³-hybridized carbons (Fsp3) is 0.571. The predicted octanol–water partition coefficient (Wildman–Crippen LogP) is 1.32. The van der Waals surface area contributed by atoms with Crippen molar-refractivity contribution < 1.29 is 24.1 Å². The van der Waals surface area contributed by atoms with Crippen LogP contribution in [0.25, 0.3) is 0 Å². The van der Waals surface area contributed by atoms with Crippen molar-refractivity contribution in [3.63, 3.8) is 0 Å². The molecule has 1 atom stereocenters. The van der Waals surface area contributed by atoms with Gasteiger partial charge >= 0.3 is 0 Å². The van der Waals surface area contributed by atoms with Crippen LogP contribution in [0, 0.1) is 0 Å². The highest BCUT2D eigenvalue weighted by Gasteiger charge is 2.37. The third kappa shape index (κ3) is 2.81. The lowest BCUT2D eigenvalue weighted by molar-refractivity contribution is 0.0768. The van der Waals surface area contributed by atoms with Gasteiger partial charge in [-0.05, 0) is 12.5 Å².